The van der Waals surface area contributed by atoms with Gasteiger partial charge in [-0.25, -0.2) is 10.1 Å². The van der Waals surface area contributed by atoms with Crippen molar-refractivity contribution < 1.29 is 14.2 Å². The third kappa shape index (κ3) is 3.68. The minimum atomic E-state index is -0.507. The molecule has 28 heavy (non-hydrogen) atoms. The van der Waals surface area contributed by atoms with Crippen LogP contribution in [0.3, 0.4) is 0 Å². The minimum absolute atomic E-state index is 0.0469. The van der Waals surface area contributed by atoms with Crippen molar-refractivity contribution in [3.8, 4) is 11.6 Å². The van der Waals surface area contributed by atoms with Crippen LogP contribution in [-0.2, 0) is 0 Å². The summed E-state index contributed by atoms with van der Waals surface area (Å²) in [5.74, 6) is 0.307. The molecule has 0 aliphatic rings. The van der Waals surface area contributed by atoms with E-state index in [9.17, 15) is 4.79 Å². The van der Waals surface area contributed by atoms with Crippen LogP contribution in [0.15, 0.2) is 34.0 Å². The number of aromatic nitrogens is 5. The summed E-state index contributed by atoms with van der Waals surface area (Å²) in [5, 5.41) is 19.3. The second-order valence-corrected chi connectivity index (χ2v) is 6.23. The number of benzene rings is 1. The number of nitrogens with zero attached hydrogens (tertiary/aromatic N) is 6. The van der Waals surface area contributed by atoms with Crippen molar-refractivity contribution in [3.63, 3.8) is 0 Å². The van der Waals surface area contributed by atoms with Gasteiger partial charge in [-0.05, 0) is 35.3 Å². The zero-order valence-corrected chi connectivity index (χ0v) is 15.9. The molecule has 3 aromatic rings. The molecule has 0 atom stereocenters. The molecule has 0 radical (unpaired) electrons. The first-order valence-electron chi connectivity index (χ1n) is 8.45. The van der Waals surface area contributed by atoms with Crippen molar-refractivity contribution in [1.29, 1.82) is 0 Å². The molecule has 0 unspecified atom stereocenters. The van der Waals surface area contributed by atoms with E-state index >= 15 is 0 Å². The molecule has 2 heterocycles. The molecule has 0 saturated heterocycles. The van der Waals surface area contributed by atoms with E-state index in [1.54, 1.807) is 14.0 Å². The Labute approximate surface area is 160 Å². The number of rotatable bonds is 6. The molecular weight excluding hydrogens is 364 g/mol. The van der Waals surface area contributed by atoms with Crippen molar-refractivity contribution in [2.24, 2.45) is 5.10 Å². The minimum Gasteiger partial charge on any atom is -0.497 e. The topological polar surface area (TPSA) is 146 Å². The van der Waals surface area contributed by atoms with E-state index in [-0.39, 0.29) is 23.2 Å². The van der Waals surface area contributed by atoms with Crippen LogP contribution in [0.5, 0.6) is 5.75 Å². The van der Waals surface area contributed by atoms with Gasteiger partial charge < -0.3 is 10.5 Å². The van der Waals surface area contributed by atoms with E-state index in [2.05, 4.69) is 35.8 Å². The van der Waals surface area contributed by atoms with Gasteiger partial charge in [-0.2, -0.15) is 9.78 Å². The van der Waals surface area contributed by atoms with Crippen LogP contribution in [0.1, 0.15) is 48.4 Å². The highest BCUT2D eigenvalue weighted by atomic mass is 16.6. The molecule has 0 aliphatic carbocycles. The number of carbonyl (C=O) groups is 1. The molecule has 3 rings (SSSR count). The van der Waals surface area contributed by atoms with Crippen molar-refractivity contribution >= 4 is 17.4 Å². The molecule has 11 heteroatoms. The number of anilines is 1. The van der Waals surface area contributed by atoms with E-state index in [1.807, 2.05) is 38.1 Å². The van der Waals surface area contributed by atoms with Crippen molar-refractivity contribution in [1.82, 2.24) is 30.7 Å². The predicted octanol–water partition coefficient (Wildman–Crippen LogP) is 1.52. The quantitative estimate of drug-likeness (QED) is 0.480. The summed E-state index contributed by atoms with van der Waals surface area (Å²) in [6, 6.07) is 7.35. The number of methoxy groups -OCH3 is 1. The molecule has 0 spiro atoms. The second-order valence-electron chi connectivity index (χ2n) is 6.23. The Morgan fingerprint density at radius 3 is 2.79 bits per heavy atom. The number of hydrogen-bond donors (Lipinski definition) is 2. The first kappa shape index (κ1) is 19.0. The van der Waals surface area contributed by atoms with E-state index < -0.39 is 5.91 Å². The third-order valence-electron chi connectivity index (χ3n) is 3.98. The largest absolute Gasteiger partial charge is 0.497 e. The maximum absolute atomic E-state index is 12.6. The smallest absolute Gasteiger partial charge is 0.293 e. The molecule has 3 N–H and O–H groups in total. The lowest BCUT2D eigenvalue weighted by molar-refractivity contribution is 0.0948. The fraction of sp³-hybridized carbons (Fsp3) is 0.294. The van der Waals surface area contributed by atoms with Crippen LogP contribution < -0.4 is 15.9 Å². The third-order valence-corrected chi connectivity index (χ3v) is 3.98. The molecule has 0 aliphatic heterocycles. The standard InChI is InChI=1S/C17H20N8O3/c1-9(2)14-13(20-24-25(14)16-15(18)22-28-23-16)17(26)21-19-10(3)11-6-5-7-12(8-11)27-4/h5-9H,1-4H3,(H2,18,22)(H,21,26)/b19-10-. The lowest BCUT2D eigenvalue weighted by atomic mass is 10.1. The lowest BCUT2D eigenvalue weighted by Crippen LogP contribution is -2.22. The first-order valence-corrected chi connectivity index (χ1v) is 8.45. The van der Waals surface area contributed by atoms with Gasteiger partial charge in [0.2, 0.25) is 11.6 Å². The summed E-state index contributed by atoms with van der Waals surface area (Å²) in [5.41, 5.74) is 10.3. The van der Waals surface area contributed by atoms with E-state index in [1.165, 1.54) is 4.68 Å². The Balaban J connectivity index is 1.86. The second kappa shape index (κ2) is 7.86. The average molecular weight is 384 g/mol. The molecule has 146 valence electrons. The average Bonchev–Trinajstić information content (AvgIpc) is 3.31. The van der Waals surface area contributed by atoms with E-state index in [4.69, 9.17) is 10.5 Å². The zero-order chi connectivity index (χ0) is 20.3. The van der Waals surface area contributed by atoms with Crippen LogP contribution in [0.25, 0.3) is 5.82 Å². The van der Waals surface area contributed by atoms with Crippen LogP contribution >= 0.6 is 0 Å². The van der Waals surface area contributed by atoms with Gasteiger partial charge in [0.25, 0.3) is 5.91 Å². The fourth-order valence-electron chi connectivity index (χ4n) is 2.56. The summed E-state index contributed by atoms with van der Waals surface area (Å²) in [6.07, 6.45) is 0. The van der Waals surface area contributed by atoms with Crippen LogP contribution in [0.2, 0.25) is 0 Å². The van der Waals surface area contributed by atoms with E-state index in [0.717, 1.165) is 5.56 Å². The highest BCUT2D eigenvalue weighted by Crippen LogP contribution is 2.22. The Bertz CT molecular complexity index is 1020. The number of nitrogen functional groups attached to an aromatic ring is 1. The number of nitrogens with two attached hydrogens (primary N) is 1. The van der Waals surface area contributed by atoms with Crippen molar-refractivity contribution in [2.45, 2.75) is 26.7 Å². The summed E-state index contributed by atoms with van der Waals surface area (Å²) < 4.78 is 11.1. The van der Waals surface area contributed by atoms with Crippen molar-refractivity contribution in [3.05, 3.63) is 41.2 Å². The van der Waals surface area contributed by atoms with Gasteiger partial charge in [-0.1, -0.05) is 31.2 Å². The van der Waals surface area contributed by atoms with Gasteiger partial charge >= 0.3 is 0 Å². The number of carbonyl (C=O) groups excluding carboxylic acids is 1. The molecular formula is C17H20N8O3. The summed E-state index contributed by atoms with van der Waals surface area (Å²) in [6.45, 7) is 5.55. The SMILES string of the molecule is COc1cccc(/C(C)=N\NC(=O)c2nnn(-c3nonc3N)c2C(C)C)c1. The molecule has 0 fully saturated rings. The van der Waals surface area contributed by atoms with Gasteiger partial charge in [0.05, 0.1) is 18.5 Å². The predicted molar refractivity (Wildman–Crippen MR) is 100 cm³/mol. The first-order chi connectivity index (χ1) is 13.4. The Morgan fingerprint density at radius 2 is 2.14 bits per heavy atom. The fourth-order valence-corrected chi connectivity index (χ4v) is 2.56. The maximum Gasteiger partial charge on any atom is 0.293 e. The Morgan fingerprint density at radius 1 is 1.36 bits per heavy atom. The van der Waals surface area contributed by atoms with Gasteiger partial charge in [0.1, 0.15) is 5.75 Å². The zero-order valence-electron chi connectivity index (χ0n) is 15.9. The Hall–Kier alpha value is -3.76. The highest BCUT2D eigenvalue weighted by Gasteiger charge is 2.25. The summed E-state index contributed by atoms with van der Waals surface area (Å²) >= 11 is 0. The van der Waals surface area contributed by atoms with Crippen LogP contribution in [0, 0.1) is 0 Å². The highest BCUT2D eigenvalue weighted by molar-refractivity contribution is 6.01. The molecule has 0 saturated carbocycles. The van der Waals surface area contributed by atoms with E-state index in [0.29, 0.717) is 17.2 Å². The molecule has 0 bridgehead atoms. The normalized spacial score (nSPS) is 11.7. The molecule has 1 aromatic carbocycles. The van der Waals surface area contributed by atoms with Crippen LogP contribution in [-0.4, -0.2) is 44.0 Å². The molecule has 1 amide bonds. The number of nitrogens with one attached hydrogen (secondary N) is 1. The lowest BCUT2D eigenvalue weighted by Gasteiger charge is -2.08. The van der Waals surface area contributed by atoms with Gasteiger partial charge in [0.15, 0.2) is 5.69 Å². The molecule has 11 nitrogen and oxygen atoms in total. The monoisotopic (exact) mass is 384 g/mol. The summed E-state index contributed by atoms with van der Waals surface area (Å²) in [4.78, 5) is 12.6. The van der Waals surface area contributed by atoms with Gasteiger partial charge in [-0.3, -0.25) is 4.79 Å². The summed E-state index contributed by atoms with van der Waals surface area (Å²) in [7, 11) is 1.58. The van der Waals surface area contributed by atoms with Gasteiger partial charge in [-0.15, -0.1) is 5.10 Å². The number of hydrogen-bond acceptors (Lipinski definition) is 9. The number of hydrazone groups is 1. The number of ether oxygens (including phenoxy) is 1. The van der Waals surface area contributed by atoms with Crippen LogP contribution in [0.4, 0.5) is 5.82 Å². The van der Waals surface area contributed by atoms with Crippen molar-refractivity contribution in [2.75, 3.05) is 12.8 Å². The number of amides is 1. The maximum atomic E-state index is 12.6. The van der Waals surface area contributed by atoms with Gasteiger partial charge in [0, 0.05) is 5.56 Å². The Kier molecular flexibility index (Phi) is 5.34. The molecule has 2 aromatic heterocycles.